The van der Waals surface area contributed by atoms with Gasteiger partial charge in [0.15, 0.2) is 0 Å². The summed E-state index contributed by atoms with van der Waals surface area (Å²) in [5.41, 5.74) is 3.33. The molecule has 1 heterocycles. The van der Waals surface area contributed by atoms with Crippen LogP contribution in [0.25, 0.3) is 5.69 Å². The van der Waals surface area contributed by atoms with E-state index in [1.807, 2.05) is 0 Å². The predicted molar refractivity (Wildman–Crippen MR) is 98.6 cm³/mol. The van der Waals surface area contributed by atoms with Crippen LogP contribution in [0, 0.1) is 27.3 Å². The Balaban J connectivity index is 1.74. The number of nitro groups is 1. The standard InChI is InChI=1S/C19H12FN5O3/c20-18-10-13(11-21)3-8-17(18)19(26)23-22-12-16-2-1-9-24(16)14-4-6-15(7-5-14)25(27)28/h1-10,12H,(H,23,26). The highest BCUT2D eigenvalue weighted by molar-refractivity contribution is 5.95. The van der Waals surface area contributed by atoms with Crippen molar-refractivity contribution in [1.82, 2.24) is 9.99 Å². The van der Waals surface area contributed by atoms with Gasteiger partial charge < -0.3 is 4.57 Å². The molecule has 2 aromatic carbocycles. The molecule has 9 heteroatoms. The maximum Gasteiger partial charge on any atom is 0.274 e. The van der Waals surface area contributed by atoms with Gasteiger partial charge in [-0.2, -0.15) is 10.4 Å². The summed E-state index contributed by atoms with van der Waals surface area (Å²) >= 11 is 0. The number of hydrogen-bond acceptors (Lipinski definition) is 5. The van der Waals surface area contributed by atoms with E-state index in [-0.39, 0.29) is 16.8 Å². The number of nitrogens with zero attached hydrogens (tertiary/aromatic N) is 4. The SMILES string of the molecule is N#Cc1ccc(C(=O)NN=Cc2cccn2-c2ccc([N+](=O)[O-])cc2)c(F)c1. The molecule has 8 nitrogen and oxygen atoms in total. The number of carbonyl (C=O) groups excluding carboxylic acids is 1. The largest absolute Gasteiger partial charge is 0.316 e. The lowest BCUT2D eigenvalue weighted by molar-refractivity contribution is -0.384. The molecule has 28 heavy (non-hydrogen) atoms. The van der Waals surface area contributed by atoms with Crippen molar-refractivity contribution < 1.29 is 14.1 Å². The number of amides is 1. The van der Waals surface area contributed by atoms with Crippen molar-refractivity contribution in [2.24, 2.45) is 5.10 Å². The van der Waals surface area contributed by atoms with Gasteiger partial charge in [-0.05, 0) is 42.5 Å². The molecule has 0 saturated carbocycles. The fraction of sp³-hybridized carbons (Fsp3) is 0. The highest BCUT2D eigenvalue weighted by Crippen LogP contribution is 2.17. The highest BCUT2D eigenvalue weighted by atomic mass is 19.1. The van der Waals surface area contributed by atoms with E-state index in [9.17, 15) is 19.3 Å². The Morgan fingerprint density at radius 3 is 2.64 bits per heavy atom. The van der Waals surface area contributed by atoms with E-state index >= 15 is 0 Å². The zero-order valence-corrected chi connectivity index (χ0v) is 14.2. The Morgan fingerprint density at radius 2 is 2.00 bits per heavy atom. The molecule has 0 saturated heterocycles. The number of carbonyl (C=O) groups is 1. The van der Waals surface area contributed by atoms with Crippen molar-refractivity contribution >= 4 is 17.8 Å². The molecule has 0 unspecified atom stereocenters. The minimum absolute atomic E-state index is 0.0252. The number of aromatic nitrogens is 1. The maximum absolute atomic E-state index is 13.8. The quantitative estimate of drug-likeness (QED) is 0.418. The van der Waals surface area contributed by atoms with Gasteiger partial charge in [0.25, 0.3) is 11.6 Å². The number of nitrogens with one attached hydrogen (secondary N) is 1. The Morgan fingerprint density at radius 1 is 1.25 bits per heavy atom. The van der Waals surface area contributed by atoms with Crippen molar-refractivity contribution in [2.75, 3.05) is 0 Å². The molecule has 0 bridgehead atoms. The van der Waals surface area contributed by atoms with Gasteiger partial charge in [-0.1, -0.05) is 0 Å². The van der Waals surface area contributed by atoms with Crippen LogP contribution in [-0.2, 0) is 0 Å². The third-order valence-corrected chi connectivity index (χ3v) is 3.82. The summed E-state index contributed by atoms with van der Waals surface area (Å²) in [5.74, 6) is -1.58. The first-order valence-electron chi connectivity index (χ1n) is 7.95. The first kappa shape index (κ1) is 18.5. The van der Waals surface area contributed by atoms with E-state index in [0.717, 1.165) is 6.07 Å². The highest BCUT2D eigenvalue weighted by Gasteiger charge is 2.12. The number of hydrazone groups is 1. The molecule has 0 fully saturated rings. The van der Waals surface area contributed by atoms with Crippen LogP contribution >= 0.6 is 0 Å². The predicted octanol–water partition coefficient (Wildman–Crippen LogP) is 3.16. The van der Waals surface area contributed by atoms with Gasteiger partial charge in [0.1, 0.15) is 5.82 Å². The molecule has 3 aromatic rings. The summed E-state index contributed by atoms with van der Waals surface area (Å²) in [6, 6.07) is 14.7. The van der Waals surface area contributed by atoms with E-state index < -0.39 is 16.6 Å². The van der Waals surface area contributed by atoms with Crippen LogP contribution in [0.2, 0.25) is 0 Å². The molecule has 0 aliphatic rings. The van der Waals surface area contributed by atoms with E-state index in [1.54, 1.807) is 41.1 Å². The van der Waals surface area contributed by atoms with Crippen molar-refractivity contribution in [3.63, 3.8) is 0 Å². The Hall–Kier alpha value is -4.32. The molecule has 1 N–H and O–H groups in total. The number of benzene rings is 2. The number of halogens is 1. The van der Waals surface area contributed by atoms with E-state index in [0.29, 0.717) is 11.4 Å². The van der Waals surface area contributed by atoms with Crippen LogP contribution in [-0.4, -0.2) is 21.6 Å². The molecule has 0 aliphatic heterocycles. The molecule has 3 rings (SSSR count). The summed E-state index contributed by atoms with van der Waals surface area (Å²) < 4.78 is 15.6. The summed E-state index contributed by atoms with van der Waals surface area (Å²) in [7, 11) is 0. The van der Waals surface area contributed by atoms with Crippen molar-refractivity contribution in [3.05, 3.63) is 93.5 Å². The summed E-state index contributed by atoms with van der Waals surface area (Å²) in [5, 5.41) is 23.3. The van der Waals surface area contributed by atoms with Crippen LogP contribution in [0.3, 0.4) is 0 Å². The Bertz CT molecular complexity index is 1110. The second-order valence-electron chi connectivity index (χ2n) is 5.58. The molecule has 1 amide bonds. The molecular weight excluding hydrogens is 365 g/mol. The topological polar surface area (TPSA) is 113 Å². The van der Waals surface area contributed by atoms with Crippen LogP contribution < -0.4 is 5.43 Å². The van der Waals surface area contributed by atoms with Crippen molar-refractivity contribution in [3.8, 4) is 11.8 Å². The van der Waals surface area contributed by atoms with Gasteiger partial charge >= 0.3 is 0 Å². The van der Waals surface area contributed by atoms with Gasteiger partial charge in [0.05, 0.1) is 34.0 Å². The maximum atomic E-state index is 13.8. The number of hydrogen-bond donors (Lipinski definition) is 1. The van der Waals surface area contributed by atoms with E-state index in [2.05, 4.69) is 10.5 Å². The third-order valence-electron chi connectivity index (χ3n) is 3.82. The number of nitro benzene ring substituents is 1. The Labute approximate surface area is 158 Å². The molecule has 0 aliphatic carbocycles. The minimum Gasteiger partial charge on any atom is -0.316 e. The lowest BCUT2D eigenvalue weighted by Crippen LogP contribution is -2.19. The van der Waals surface area contributed by atoms with E-state index in [1.165, 1.54) is 30.5 Å². The first-order valence-corrected chi connectivity index (χ1v) is 7.95. The second kappa shape index (κ2) is 7.92. The molecule has 138 valence electrons. The molecular formula is C19H12FN5O3. The van der Waals surface area contributed by atoms with Crippen LogP contribution in [0.15, 0.2) is 65.9 Å². The first-order chi connectivity index (χ1) is 13.5. The molecule has 1 aromatic heterocycles. The molecule has 0 atom stereocenters. The summed E-state index contributed by atoms with van der Waals surface area (Å²) in [6.07, 6.45) is 3.09. The summed E-state index contributed by atoms with van der Waals surface area (Å²) in [6.45, 7) is 0. The number of nitriles is 1. The van der Waals surface area contributed by atoms with Gasteiger partial charge in [0.2, 0.25) is 0 Å². The van der Waals surface area contributed by atoms with E-state index in [4.69, 9.17) is 5.26 Å². The second-order valence-corrected chi connectivity index (χ2v) is 5.58. The van der Waals surface area contributed by atoms with Crippen LogP contribution in [0.1, 0.15) is 21.6 Å². The van der Waals surface area contributed by atoms with Gasteiger partial charge in [-0.3, -0.25) is 14.9 Å². The normalized spacial score (nSPS) is 10.6. The zero-order chi connectivity index (χ0) is 20.1. The average molecular weight is 377 g/mol. The van der Waals surface area contributed by atoms with Crippen LogP contribution in [0.4, 0.5) is 10.1 Å². The van der Waals surface area contributed by atoms with Crippen LogP contribution in [0.5, 0.6) is 0 Å². The average Bonchev–Trinajstić information content (AvgIpc) is 3.16. The minimum atomic E-state index is -0.819. The van der Waals surface area contributed by atoms with Crippen molar-refractivity contribution in [1.29, 1.82) is 5.26 Å². The third kappa shape index (κ3) is 3.91. The van der Waals surface area contributed by atoms with Gasteiger partial charge in [-0.25, -0.2) is 9.82 Å². The molecule has 0 radical (unpaired) electrons. The van der Waals surface area contributed by atoms with Gasteiger partial charge in [-0.15, -0.1) is 0 Å². The number of rotatable bonds is 5. The fourth-order valence-corrected chi connectivity index (χ4v) is 2.46. The van der Waals surface area contributed by atoms with Gasteiger partial charge in [0, 0.05) is 24.0 Å². The smallest absolute Gasteiger partial charge is 0.274 e. The monoisotopic (exact) mass is 377 g/mol. The lowest BCUT2D eigenvalue weighted by atomic mass is 10.1. The number of non-ortho nitro benzene ring substituents is 1. The Kier molecular flexibility index (Phi) is 5.23. The van der Waals surface area contributed by atoms with Crippen molar-refractivity contribution in [2.45, 2.75) is 0 Å². The lowest BCUT2D eigenvalue weighted by Gasteiger charge is -2.06. The summed E-state index contributed by atoms with van der Waals surface area (Å²) in [4.78, 5) is 22.3. The fourth-order valence-electron chi connectivity index (χ4n) is 2.46. The zero-order valence-electron chi connectivity index (χ0n) is 14.2. The molecule has 0 spiro atoms.